The number of phenols is 1. The van der Waals surface area contributed by atoms with Crippen molar-refractivity contribution in [3.63, 3.8) is 0 Å². The van der Waals surface area contributed by atoms with E-state index in [0.717, 1.165) is 28.2 Å². The van der Waals surface area contributed by atoms with Crippen LogP contribution in [0.3, 0.4) is 0 Å². The second-order valence-corrected chi connectivity index (χ2v) is 8.18. The molecule has 0 fully saturated rings. The monoisotopic (exact) mass is 427 g/mol. The molecule has 5 rings (SSSR count). The van der Waals surface area contributed by atoms with E-state index in [4.69, 9.17) is 0 Å². The molecule has 2 nitrogen and oxygen atoms in total. The Morgan fingerprint density at radius 3 is 1.24 bits per heavy atom. The molecule has 0 aliphatic carbocycles. The zero-order chi connectivity index (χ0) is 22.6. The number of anilines is 3. The van der Waals surface area contributed by atoms with Gasteiger partial charge in [0.2, 0.25) is 0 Å². The Labute approximate surface area is 195 Å². The molecule has 0 saturated carbocycles. The van der Waals surface area contributed by atoms with Crippen molar-refractivity contribution in [2.24, 2.45) is 0 Å². The second-order valence-electron chi connectivity index (χ2n) is 8.18. The third-order valence-corrected chi connectivity index (χ3v) is 5.85. The van der Waals surface area contributed by atoms with Gasteiger partial charge in [0.1, 0.15) is 5.75 Å². The van der Waals surface area contributed by atoms with Crippen LogP contribution in [0.25, 0.3) is 22.3 Å². The first-order valence-corrected chi connectivity index (χ1v) is 11.1. The van der Waals surface area contributed by atoms with Gasteiger partial charge in [-0.15, -0.1) is 0 Å². The van der Waals surface area contributed by atoms with E-state index in [1.165, 1.54) is 16.7 Å². The van der Waals surface area contributed by atoms with Gasteiger partial charge in [-0.05, 0) is 77.7 Å². The van der Waals surface area contributed by atoms with E-state index in [9.17, 15) is 5.11 Å². The van der Waals surface area contributed by atoms with E-state index in [-0.39, 0.29) is 5.75 Å². The van der Waals surface area contributed by atoms with Crippen LogP contribution in [0.1, 0.15) is 5.56 Å². The standard InChI is InChI=1S/C31H25NO/c1-23-7-15-28(16-8-23)32(29-17-9-25(10-18-29)24-5-3-2-4-6-24)30-19-11-26(12-20-30)27-13-21-31(33)22-14-27/h2-22,33H,1H3. The fourth-order valence-electron chi connectivity index (χ4n) is 4.03. The van der Waals surface area contributed by atoms with Gasteiger partial charge >= 0.3 is 0 Å². The number of benzene rings is 5. The van der Waals surface area contributed by atoms with Crippen molar-refractivity contribution in [1.82, 2.24) is 0 Å². The molecule has 0 aliphatic heterocycles. The van der Waals surface area contributed by atoms with Gasteiger partial charge < -0.3 is 10.0 Å². The van der Waals surface area contributed by atoms with E-state index in [0.29, 0.717) is 0 Å². The first-order valence-electron chi connectivity index (χ1n) is 11.1. The fourth-order valence-corrected chi connectivity index (χ4v) is 4.03. The molecular formula is C31H25NO. The minimum Gasteiger partial charge on any atom is -0.508 e. The highest BCUT2D eigenvalue weighted by Gasteiger charge is 2.13. The quantitative estimate of drug-likeness (QED) is 0.304. The Hall–Kier alpha value is -4.30. The van der Waals surface area contributed by atoms with Crippen molar-refractivity contribution < 1.29 is 5.11 Å². The fraction of sp³-hybridized carbons (Fsp3) is 0.0323. The summed E-state index contributed by atoms with van der Waals surface area (Å²) in [4.78, 5) is 2.27. The summed E-state index contributed by atoms with van der Waals surface area (Å²) in [6.45, 7) is 2.11. The number of aryl methyl sites for hydroxylation is 1. The molecule has 0 aliphatic rings. The van der Waals surface area contributed by atoms with Gasteiger partial charge in [-0.2, -0.15) is 0 Å². The third-order valence-electron chi connectivity index (χ3n) is 5.85. The molecule has 1 N–H and O–H groups in total. The summed E-state index contributed by atoms with van der Waals surface area (Å²) < 4.78 is 0. The first-order chi connectivity index (χ1) is 16.2. The van der Waals surface area contributed by atoms with Gasteiger partial charge in [0, 0.05) is 17.1 Å². The predicted octanol–water partition coefficient (Wildman–Crippen LogP) is 8.50. The summed E-state index contributed by atoms with van der Waals surface area (Å²) in [5.41, 5.74) is 9.15. The Bertz CT molecular complexity index is 1320. The topological polar surface area (TPSA) is 23.5 Å². The number of rotatable bonds is 5. The van der Waals surface area contributed by atoms with Crippen LogP contribution in [0, 0.1) is 6.92 Å². The Morgan fingerprint density at radius 2 is 0.788 bits per heavy atom. The number of hydrogen-bond donors (Lipinski definition) is 1. The highest BCUT2D eigenvalue weighted by molar-refractivity contribution is 5.79. The predicted molar refractivity (Wildman–Crippen MR) is 138 cm³/mol. The molecule has 160 valence electrons. The lowest BCUT2D eigenvalue weighted by molar-refractivity contribution is 0.475. The molecule has 5 aromatic rings. The number of hydrogen-bond acceptors (Lipinski definition) is 2. The Balaban J connectivity index is 1.52. The number of aromatic hydroxyl groups is 1. The van der Waals surface area contributed by atoms with Crippen LogP contribution in [-0.2, 0) is 0 Å². The molecule has 0 atom stereocenters. The van der Waals surface area contributed by atoms with Gasteiger partial charge in [-0.1, -0.05) is 84.4 Å². The van der Waals surface area contributed by atoms with Gasteiger partial charge in [0.05, 0.1) is 0 Å². The summed E-state index contributed by atoms with van der Waals surface area (Å²) in [6.07, 6.45) is 0. The lowest BCUT2D eigenvalue weighted by Gasteiger charge is -2.26. The average molecular weight is 428 g/mol. The number of phenolic OH excluding ortho intramolecular Hbond substituents is 1. The Morgan fingerprint density at radius 1 is 0.424 bits per heavy atom. The molecule has 0 unspecified atom stereocenters. The van der Waals surface area contributed by atoms with Gasteiger partial charge in [-0.25, -0.2) is 0 Å². The van der Waals surface area contributed by atoms with Crippen molar-refractivity contribution in [3.05, 3.63) is 133 Å². The van der Waals surface area contributed by atoms with E-state index >= 15 is 0 Å². The Kier molecular flexibility index (Phi) is 5.65. The normalized spacial score (nSPS) is 10.7. The second kappa shape index (κ2) is 9.05. The van der Waals surface area contributed by atoms with E-state index in [1.54, 1.807) is 12.1 Å². The lowest BCUT2D eigenvalue weighted by Crippen LogP contribution is -2.09. The molecule has 0 amide bonds. The van der Waals surface area contributed by atoms with Crippen LogP contribution >= 0.6 is 0 Å². The molecule has 0 bridgehead atoms. The molecule has 0 radical (unpaired) electrons. The molecule has 2 heteroatoms. The molecule has 0 aromatic heterocycles. The summed E-state index contributed by atoms with van der Waals surface area (Å²) in [7, 11) is 0. The smallest absolute Gasteiger partial charge is 0.115 e. The highest BCUT2D eigenvalue weighted by Crippen LogP contribution is 2.36. The highest BCUT2D eigenvalue weighted by atomic mass is 16.3. The van der Waals surface area contributed by atoms with Crippen LogP contribution < -0.4 is 4.90 Å². The van der Waals surface area contributed by atoms with Gasteiger partial charge in [0.15, 0.2) is 0 Å². The van der Waals surface area contributed by atoms with Crippen molar-refractivity contribution >= 4 is 17.1 Å². The van der Waals surface area contributed by atoms with E-state index < -0.39 is 0 Å². The van der Waals surface area contributed by atoms with Crippen molar-refractivity contribution in [2.45, 2.75) is 6.92 Å². The van der Waals surface area contributed by atoms with Gasteiger partial charge in [-0.3, -0.25) is 0 Å². The van der Waals surface area contributed by atoms with Crippen LogP contribution in [-0.4, -0.2) is 5.11 Å². The molecule has 0 heterocycles. The summed E-state index contributed by atoms with van der Waals surface area (Å²) in [5, 5.41) is 9.58. The minimum absolute atomic E-state index is 0.278. The molecule has 0 saturated heterocycles. The lowest BCUT2D eigenvalue weighted by atomic mass is 10.0. The largest absolute Gasteiger partial charge is 0.508 e. The average Bonchev–Trinajstić information content (AvgIpc) is 2.87. The van der Waals surface area contributed by atoms with Crippen LogP contribution in [0.2, 0.25) is 0 Å². The minimum atomic E-state index is 0.278. The van der Waals surface area contributed by atoms with Crippen molar-refractivity contribution in [3.8, 4) is 28.0 Å². The van der Waals surface area contributed by atoms with Crippen molar-refractivity contribution in [1.29, 1.82) is 0 Å². The van der Waals surface area contributed by atoms with Gasteiger partial charge in [0.25, 0.3) is 0 Å². The van der Waals surface area contributed by atoms with Crippen LogP contribution in [0.15, 0.2) is 127 Å². The van der Waals surface area contributed by atoms with E-state index in [1.807, 2.05) is 18.2 Å². The molecule has 0 spiro atoms. The maximum atomic E-state index is 9.58. The maximum Gasteiger partial charge on any atom is 0.115 e. The third kappa shape index (κ3) is 4.51. The molecule has 5 aromatic carbocycles. The maximum absolute atomic E-state index is 9.58. The van der Waals surface area contributed by atoms with E-state index in [2.05, 4.69) is 109 Å². The van der Waals surface area contributed by atoms with Crippen molar-refractivity contribution in [2.75, 3.05) is 4.90 Å². The summed E-state index contributed by atoms with van der Waals surface area (Å²) in [6, 6.07) is 43.6. The molecular weight excluding hydrogens is 402 g/mol. The SMILES string of the molecule is Cc1ccc(N(c2ccc(-c3ccccc3)cc2)c2ccc(-c3ccc(O)cc3)cc2)cc1. The number of nitrogens with zero attached hydrogens (tertiary/aromatic N) is 1. The zero-order valence-corrected chi connectivity index (χ0v) is 18.5. The van der Waals surface area contributed by atoms with Crippen LogP contribution in [0.5, 0.6) is 5.75 Å². The summed E-state index contributed by atoms with van der Waals surface area (Å²) in [5.74, 6) is 0.278. The zero-order valence-electron chi connectivity index (χ0n) is 18.5. The van der Waals surface area contributed by atoms with Crippen LogP contribution in [0.4, 0.5) is 17.1 Å². The summed E-state index contributed by atoms with van der Waals surface area (Å²) >= 11 is 0. The first kappa shape index (κ1) is 20.6. The molecule has 33 heavy (non-hydrogen) atoms.